The minimum atomic E-state index is -4.73. The number of nitrogens with one attached hydrogen (secondary N) is 1. The van der Waals surface area contributed by atoms with Crippen LogP contribution >= 0.6 is 11.6 Å². The van der Waals surface area contributed by atoms with Crippen LogP contribution in [0.25, 0.3) is 0 Å². The number of anilines is 1. The number of hydrogen-bond donors (Lipinski definition) is 1. The van der Waals surface area contributed by atoms with Crippen LogP contribution < -0.4 is 19.2 Å². The summed E-state index contributed by atoms with van der Waals surface area (Å²) in [7, 11) is -4.16. The Bertz CT molecular complexity index is 1170. The first-order valence-electron chi connectivity index (χ1n) is 10.4. The molecule has 0 spiro atoms. The van der Waals surface area contributed by atoms with Crippen molar-refractivity contribution in [2.45, 2.75) is 26.4 Å². The molecule has 1 N–H and O–H groups in total. The van der Waals surface area contributed by atoms with Crippen LogP contribution in [0.5, 0.6) is 11.5 Å². The Morgan fingerprint density at radius 2 is 1.86 bits per heavy atom. The van der Waals surface area contributed by atoms with E-state index in [1.165, 1.54) is 6.21 Å². The average molecular weight is 536 g/mol. The van der Waals surface area contributed by atoms with Gasteiger partial charge in [-0.05, 0) is 55.3 Å². The zero-order valence-electron chi connectivity index (χ0n) is 19.2. The number of carbonyl (C=O) groups excluding carboxylic acids is 1. The Hall–Kier alpha value is -2.99. The summed E-state index contributed by atoms with van der Waals surface area (Å²) < 4.78 is 75.3. The number of hydrazone groups is 1. The SMILES string of the molecule is CCCOc1ccc(/C=N/NC(=O)CN(c2cc(C(F)(F)F)ccc2Cl)S(C)(=O)=O)cc1OCC. The number of rotatable bonds is 11. The molecule has 192 valence electrons. The van der Waals surface area contributed by atoms with Gasteiger partial charge in [0.1, 0.15) is 6.54 Å². The second kappa shape index (κ2) is 12.1. The fraction of sp³-hybridized carbons (Fsp3) is 0.364. The van der Waals surface area contributed by atoms with Crippen molar-refractivity contribution in [1.82, 2.24) is 5.43 Å². The highest BCUT2D eigenvalue weighted by Crippen LogP contribution is 2.36. The lowest BCUT2D eigenvalue weighted by Gasteiger charge is -2.23. The van der Waals surface area contributed by atoms with Crippen molar-refractivity contribution in [3.05, 3.63) is 52.5 Å². The number of carbonyl (C=O) groups is 1. The molecule has 0 fully saturated rings. The first kappa shape index (κ1) is 28.2. The lowest BCUT2D eigenvalue weighted by molar-refractivity contribution is -0.137. The third-order valence-electron chi connectivity index (χ3n) is 4.36. The van der Waals surface area contributed by atoms with Crippen molar-refractivity contribution < 1.29 is 35.9 Å². The van der Waals surface area contributed by atoms with Crippen LogP contribution in [0.3, 0.4) is 0 Å². The van der Waals surface area contributed by atoms with Crippen molar-refractivity contribution in [3.8, 4) is 11.5 Å². The summed E-state index contributed by atoms with van der Waals surface area (Å²) in [5, 5.41) is 3.52. The molecule has 0 bridgehead atoms. The number of ether oxygens (including phenoxy) is 2. The van der Waals surface area contributed by atoms with E-state index in [0.29, 0.717) is 46.7 Å². The monoisotopic (exact) mass is 535 g/mol. The van der Waals surface area contributed by atoms with Gasteiger partial charge < -0.3 is 9.47 Å². The fourth-order valence-electron chi connectivity index (χ4n) is 2.81. The molecule has 0 heterocycles. The maximum absolute atomic E-state index is 13.1. The second-order valence-electron chi connectivity index (χ2n) is 7.21. The Morgan fingerprint density at radius 3 is 2.46 bits per heavy atom. The van der Waals surface area contributed by atoms with E-state index in [2.05, 4.69) is 10.5 Å². The molecule has 0 saturated heterocycles. The van der Waals surface area contributed by atoms with Crippen LogP contribution in [-0.2, 0) is 21.0 Å². The minimum absolute atomic E-state index is 0.270. The molecule has 0 aliphatic heterocycles. The second-order valence-corrected chi connectivity index (χ2v) is 9.53. The van der Waals surface area contributed by atoms with Crippen molar-refractivity contribution in [2.24, 2.45) is 5.10 Å². The van der Waals surface area contributed by atoms with Crippen molar-refractivity contribution in [2.75, 3.05) is 30.3 Å². The zero-order valence-corrected chi connectivity index (χ0v) is 20.8. The van der Waals surface area contributed by atoms with Crippen LogP contribution in [0.1, 0.15) is 31.4 Å². The highest BCUT2D eigenvalue weighted by molar-refractivity contribution is 7.92. The van der Waals surface area contributed by atoms with Crippen molar-refractivity contribution >= 4 is 39.4 Å². The van der Waals surface area contributed by atoms with Gasteiger partial charge >= 0.3 is 6.18 Å². The van der Waals surface area contributed by atoms with Crippen molar-refractivity contribution in [1.29, 1.82) is 0 Å². The first-order valence-corrected chi connectivity index (χ1v) is 12.7. The number of hydrogen-bond acceptors (Lipinski definition) is 6. The van der Waals surface area contributed by atoms with Gasteiger partial charge in [0, 0.05) is 0 Å². The summed E-state index contributed by atoms with van der Waals surface area (Å²) in [5.74, 6) is 0.142. The quantitative estimate of drug-likeness (QED) is 0.338. The maximum Gasteiger partial charge on any atom is 0.416 e. The van der Waals surface area contributed by atoms with Crippen LogP contribution in [0.2, 0.25) is 5.02 Å². The van der Waals surface area contributed by atoms with E-state index in [0.717, 1.165) is 18.7 Å². The molecule has 0 unspecified atom stereocenters. The van der Waals surface area contributed by atoms with Gasteiger partial charge in [-0.15, -0.1) is 0 Å². The summed E-state index contributed by atoms with van der Waals surface area (Å²) in [5.41, 5.74) is 1.12. The van der Waals surface area contributed by atoms with Gasteiger partial charge in [-0.2, -0.15) is 18.3 Å². The molecule has 0 aliphatic carbocycles. The number of alkyl halides is 3. The number of sulfonamides is 1. The number of amides is 1. The van der Waals surface area contributed by atoms with Gasteiger partial charge in [0.05, 0.1) is 42.0 Å². The topological polar surface area (TPSA) is 97.3 Å². The highest BCUT2D eigenvalue weighted by atomic mass is 35.5. The summed E-state index contributed by atoms with van der Waals surface area (Å²) >= 11 is 5.94. The number of halogens is 4. The predicted molar refractivity (Wildman–Crippen MR) is 128 cm³/mol. The zero-order chi connectivity index (χ0) is 26.2. The van der Waals surface area contributed by atoms with E-state index in [1.54, 1.807) is 18.2 Å². The van der Waals surface area contributed by atoms with Gasteiger partial charge in [0.2, 0.25) is 10.0 Å². The molecule has 2 rings (SSSR count). The number of benzene rings is 2. The molecule has 0 atom stereocenters. The molecule has 0 aromatic heterocycles. The Morgan fingerprint density at radius 1 is 1.14 bits per heavy atom. The summed E-state index contributed by atoms with van der Waals surface area (Å²) in [4.78, 5) is 12.4. The molecule has 35 heavy (non-hydrogen) atoms. The van der Waals surface area contributed by atoms with E-state index in [1.807, 2.05) is 13.8 Å². The van der Waals surface area contributed by atoms with E-state index < -0.39 is 39.9 Å². The van der Waals surface area contributed by atoms with Gasteiger partial charge in [-0.25, -0.2) is 13.8 Å². The van der Waals surface area contributed by atoms with Crippen LogP contribution in [0, 0.1) is 0 Å². The van der Waals surface area contributed by atoms with E-state index in [4.69, 9.17) is 21.1 Å². The molecular formula is C22H25ClF3N3O5S. The lowest BCUT2D eigenvalue weighted by Crippen LogP contribution is -2.39. The normalized spacial score (nSPS) is 12.0. The summed E-state index contributed by atoms with van der Waals surface area (Å²) in [6.45, 7) is 3.85. The van der Waals surface area contributed by atoms with E-state index in [9.17, 15) is 26.4 Å². The molecule has 13 heteroatoms. The van der Waals surface area contributed by atoms with Crippen LogP contribution in [-0.4, -0.2) is 46.6 Å². The molecule has 1 amide bonds. The van der Waals surface area contributed by atoms with E-state index >= 15 is 0 Å². The first-order chi connectivity index (χ1) is 16.4. The smallest absolute Gasteiger partial charge is 0.416 e. The predicted octanol–water partition coefficient (Wildman–Crippen LogP) is 4.46. The third kappa shape index (κ3) is 8.32. The highest BCUT2D eigenvalue weighted by Gasteiger charge is 2.33. The molecule has 0 saturated carbocycles. The third-order valence-corrected chi connectivity index (χ3v) is 5.81. The molecule has 2 aromatic carbocycles. The van der Waals surface area contributed by atoms with E-state index in [-0.39, 0.29) is 5.02 Å². The standard InChI is InChI=1S/C22H25ClF3N3O5S/c1-4-10-34-19-9-6-15(11-20(19)33-5-2)13-27-28-21(30)14-29(35(3,31)32)18-12-16(22(24,25)26)7-8-17(18)23/h6-9,11-13H,4-5,10,14H2,1-3H3,(H,28,30)/b27-13+. The lowest BCUT2D eigenvalue weighted by atomic mass is 10.2. The Balaban J connectivity index is 2.18. The van der Waals surface area contributed by atoms with Crippen LogP contribution in [0.4, 0.5) is 18.9 Å². The Kier molecular flexibility index (Phi) is 9.78. The summed E-state index contributed by atoms with van der Waals surface area (Å²) in [6, 6.07) is 7.20. The largest absolute Gasteiger partial charge is 0.490 e. The maximum atomic E-state index is 13.1. The minimum Gasteiger partial charge on any atom is -0.490 e. The number of nitrogens with zero attached hydrogens (tertiary/aromatic N) is 2. The van der Waals surface area contributed by atoms with Gasteiger partial charge in [-0.3, -0.25) is 9.10 Å². The van der Waals surface area contributed by atoms with Gasteiger partial charge in [-0.1, -0.05) is 18.5 Å². The Labute approximate surface area is 206 Å². The molecular weight excluding hydrogens is 511 g/mol. The molecule has 8 nitrogen and oxygen atoms in total. The summed E-state index contributed by atoms with van der Waals surface area (Å²) in [6.07, 6.45) is -1.87. The molecule has 0 radical (unpaired) electrons. The molecule has 2 aromatic rings. The molecule has 0 aliphatic rings. The fourth-order valence-corrected chi connectivity index (χ4v) is 3.94. The van der Waals surface area contributed by atoms with Crippen LogP contribution in [0.15, 0.2) is 41.5 Å². The van der Waals surface area contributed by atoms with Gasteiger partial charge in [0.15, 0.2) is 11.5 Å². The average Bonchev–Trinajstić information content (AvgIpc) is 2.76. The van der Waals surface area contributed by atoms with Crippen molar-refractivity contribution in [3.63, 3.8) is 0 Å². The van der Waals surface area contributed by atoms with Gasteiger partial charge in [0.25, 0.3) is 5.91 Å².